The fourth-order valence-electron chi connectivity index (χ4n) is 2.27. The van der Waals surface area contributed by atoms with Crippen molar-refractivity contribution in [3.8, 4) is 0 Å². The van der Waals surface area contributed by atoms with E-state index in [1.807, 2.05) is 0 Å². The Morgan fingerprint density at radius 3 is 2.62 bits per heavy atom. The molecule has 0 aliphatic rings. The van der Waals surface area contributed by atoms with Crippen molar-refractivity contribution in [3.05, 3.63) is 35.6 Å². The first-order valence-corrected chi connectivity index (χ1v) is 7.39. The van der Waals surface area contributed by atoms with E-state index in [9.17, 15) is 9.18 Å². The summed E-state index contributed by atoms with van der Waals surface area (Å²) in [6.07, 6.45) is 1.62. The molecule has 4 nitrogen and oxygen atoms in total. The molecule has 118 valence electrons. The van der Waals surface area contributed by atoms with E-state index in [0.29, 0.717) is 24.4 Å². The predicted octanol–water partition coefficient (Wildman–Crippen LogP) is 2.67. The summed E-state index contributed by atoms with van der Waals surface area (Å²) in [4.78, 5) is 11.7. The zero-order valence-corrected chi connectivity index (χ0v) is 12.7. The maximum atomic E-state index is 13.4. The smallest absolute Gasteiger partial charge is 0.315 e. The number of halogens is 1. The van der Waals surface area contributed by atoms with Gasteiger partial charge >= 0.3 is 6.03 Å². The van der Waals surface area contributed by atoms with Gasteiger partial charge in [0.25, 0.3) is 0 Å². The summed E-state index contributed by atoms with van der Waals surface area (Å²) in [5.41, 5.74) is 0.460. The lowest BCUT2D eigenvalue weighted by Gasteiger charge is -2.18. The molecule has 3 N–H and O–H groups in total. The number of amides is 2. The van der Waals surface area contributed by atoms with Gasteiger partial charge in [-0.15, -0.1) is 0 Å². The van der Waals surface area contributed by atoms with Gasteiger partial charge in [-0.1, -0.05) is 32.0 Å². The number of urea groups is 1. The standard InChI is InChI=1S/C16H25FN2O2/c1-12(2)9-13(7-8-20)10-18-16(21)19-11-14-5-3-4-6-15(14)17/h3-6,12-13,20H,7-11H2,1-2H3,(H2,18,19,21). The minimum absolute atomic E-state index is 0.121. The minimum atomic E-state index is -0.323. The Morgan fingerprint density at radius 1 is 1.29 bits per heavy atom. The first kappa shape index (κ1) is 17.4. The van der Waals surface area contributed by atoms with Gasteiger partial charge in [-0.25, -0.2) is 9.18 Å². The number of aliphatic hydroxyl groups is 1. The van der Waals surface area contributed by atoms with Gasteiger partial charge in [0, 0.05) is 25.3 Å². The van der Waals surface area contributed by atoms with Crippen LogP contribution in [0.2, 0.25) is 0 Å². The Labute approximate surface area is 125 Å². The quantitative estimate of drug-likeness (QED) is 0.690. The van der Waals surface area contributed by atoms with E-state index in [-0.39, 0.29) is 30.9 Å². The summed E-state index contributed by atoms with van der Waals surface area (Å²) in [5.74, 6) is 0.454. The van der Waals surface area contributed by atoms with Gasteiger partial charge in [-0.05, 0) is 30.7 Å². The molecule has 1 atom stereocenters. The Hall–Kier alpha value is -1.62. The van der Waals surface area contributed by atoms with Gasteiger partial charge in [-0.3, -0.25) is 0 Å². The maximum Gasteiger partial charge on any atom is 0.315 e. The third-order valence-corrected chi connectivity index (χ3v) is 3.29. The lowest BCUT2D eigenvalue weighted by atomic mass is 9.94. The number of aliphatic hydroxyl groups excluding tert-OH is 1. The van der Waals surface area contributed by atoms with Gasteiger partial charge in [0.05, 0.1) is 0 Å². The normalized spacial score (nSPS) is 12.2. The van der Waals surface area contributed by atoms with Crippen molar-refractivity contribution in [3.63, 3.8) is 0 Å². The Balaban J connectivity index is 2.34. The van der Waals surface area contributed by atoms with Gasteiger partial charge < -0.3 is 15.7 Å². The number of benzene rings is 1. The second-order valence-electron chi connectivity index (χ2n) is 5.66. The maximum absolute atomic E-state index is 13.4. The Morgan fingerprint density at radius 2 is 2.00 bits per heavy atom. The molecule has 0 bridgehead atoms. The average Bonchev–Trinajstić information content (AvgIpc) is 2.43. The highest BCUT2D eigenvalue weighted by atomic mass is 19.1. The minimum Gasteiger partial charge on any atom is -0.396 e. The number of hydrogen-bond donors (Lipinski definition) is 3. The van der Waals surface area contributed by atoms with Crippen LogP contribution in [0, 0.1) is 17.7 Å². The topological polar surface area (TPSA) is 61.4 Å². The average molecular weight is 296 g/mol. The second-order valence-corrected chi connectivity index (χ2v) is 5.66. The summed E-state index contributed by atoms with van der Waals surface area (Å²) in [7, 11) is 0. The highest BCUT2D eigenvalue weighted by Crippen LogP contribution is 2.14. The van der Waals surface area contributed by atoms with Crippen molar-refractivity contribution < 1.29 is 14.3 Å². The molecule has 5 heteroatoms. The molecule has 1 aromatic rings. The lowest BCUT2D eigenvalue weighted by molar-refractivity contribution is 0.224. The summed E-state index contributed by atoms with van der Waals surface area (Å²) in [5, 5.41) is 14.4. The van der Waals surface area contributed by atoms with Crippen LogP contribution in [0.5, 0.6) is 0 Å². The third kappa shape index (κ3) is 7.09. The van der Waals surface area contributed by atoms with Crippen LogP contribution in [0.4, 0.5) is 9.18 Å². The summed E-state index contributed by atoms with van der Waals surface area (Å²) in [6, 6.07) is 6.05. The van der Waals surface area contributed by atoms with E-state index in [0.717, 1.165) is 6.42 Å². The van der Waals surface area contributed by atoms with Crippen LogP contribution in [0.3, 0.4) is 0 Å². The Kier molecular flexibility index (Phi) is 7.75. The SMILES string of the molecule is CC(C)CC(CCO)CNC(=O)NCc1ccccc1F. The third-order valence-electron chi connectivity index (χ3n) is 3.29. The molecule has 0 heterocycles. The van der Waals surface area contributed by atoms with Gasteiger partial charge in [0.15, 0.2) is 0 Å². The molecule has 0 aromatic heterocycles. The molecule has 0 spiro atoms. The molecule has 21 heavy (non-hydrogen) atoms. The Bertz CT molecular complexity index is 438. The van der Waals surface area contributed by atoms with E-state index >= 15 is 0 Å². The van der Waals surface area contributed by atoms with Crippen LogP contribution >= 0.6 is 0 Å². The molecule has 0 aliphatic carbocycles. The van der Waals surface area contributed by atoms with Crippen LogP contribution in [-0.2, 0) is 6.54 Å². The second kappa shape index (κ2) is 9.34. The summed E-state index contributed by atoms with van der Waals surface area (Å²) < 4.78 is 13.4. The number of rotatable bonds is 8. The van der Waals surface area contributed by atoms with Crippen LogP contribution in [0.15, 0.2) is 24.3 Å². The highest BCUT2D eigenvalue weighted by Gasteiger charge is 2.12. The van der Waals surface area contributed by atoms with Crippen LogP contribution in [0.1, 0.15) is 32.3 Å². The number of hydrogen-bond acceptors (Lipinski definition) is 2. The summed E-state index contributed by atoms with van der Waals surface area (Å²) >= 11 is 0. The van der Waals surface area contributed by atoms with Gasteiger partial charge in [0.2, 0.25) is 0 Å². The first-order chi connectivity index (χ1) is 10.0. The van der Waals surface area contributed by atoms with Crippen molar-refractivity contribution in [2.45, 2.75) is 33.2 Å². The molecule has 0 aliphatic heterocycles. The monoisotopic (exact) mass is 296 g/mol. The largest absolute Gasteiger partial charge is 0.396 e. The van der Waals surface area contributed by atoms with Crippen molar-refractivity contribution >= 4 is 6.03 Å². The summed E-state index contributed by atoms with van der Waals surface area (Å²) in [6.45, 7) is 5.02. The van der Waals surface area contributed by atoms with Crippen molar-refractivity contribution in [1.29, 1.82) is 0 Å². The number of carbonyl (C=O) groups is 1. The van der Waals surface area contributed by atoms with Crippen LogP contribution in [-0.4, -0.2) is 24.3 Å². The molecule has 0 fully saturated rings. The molecule has 2 amide bonds. The van der Waals surface area contributed by atoms with Crippen molar-refractivity contribution in [1.82, 2.24) is 10.6 Å². The first-order valence-electron chi connectivity index (χ1n) is 7.39. The molecule has 1 aromatic carbocycles. The molecule has 1 rings (SSSR count). The van der Waals surface area contributed by atoms with E-state index in [4.69, 9.17) is 5.11 Å². The zero-order chi connectivity index (χ0) is 15.7. The molecule has 0 saturated heterocycles. The predicted molar refractivity (Wildman–Crippen MR) is 81.3 cm³/mol. The lowest BCUT2D eigenvalue weighted by Crippen LogP contribution is -2.38. The van der Waals surface area contributed by atoms with E-state index in [1.54, 1.807) is 18.2 Å². The number of nitrogens with one attached hydrogen (secondary N) is 2. The molecule has 1 unspecified atom stereocenters. The highest BCUT2D eigenvalue weighted by molar-refractivity contribution is 5.73. The zero-order valence-electron chi connectivity index (χ0n) is 12.7. The van der Waals surface area contributed by atoms with Crippen molar-refractivity contribution in [2.24, 2.45) is 11.8 Å². The van der Waals surface area contributed by atoms with E-state index in [2.05, 4.69) is 24.5 Å². The molecule has 0 saturated carbocycles. The number of carbonyl (C=O) groups excluding carboxylic acids is 1. The molecule has 0 radical (unpaired) electrons. The fourth-order valence-corrected chi connectivity index (χ4v) is 2.27. The van der Waals surface area contributed by atoms with Gasteiger partial charge in [-0.2, -0.15) is 0 Å². The van der Waals surface area contributed by atoms with E-state index < -0.39 is 0 Å². The van der Waals surface area contributed by atoms with Crippen molar-refractivity contribution in [2.75, 3.05) is 13.2 Å². The van der Waals surface area contributed by atoms with E-state index in [1.165, 1.54) is 6.07 Å². The molecular weight excluding hydrogens is 271 g/mol. The molecular formula is C16H25FN2O2. The van der Waals surface area contributed by atoms with Gasteiger partial charge in [0.1, 0.15) is 5.82 Å². The fraction of sp³-hybridized carbons (Fsp3) is 0.562. The van der Waals surface area contributed by atoms with Crippen LogP contribution in [0.25, 0.3) is 0 Å². The van der Waals surface area contributed by atoms with Crippen LogP contribution < -0.4 is 10.6 Å².